The van der Waals surface area contributed by atoms with Crippen LogP contribution in [0, 0.1) is 0 Å². The first-order chi connectivity index (χ1) is 13.0. The van der Waals surface area contributed by atoms with E-state index < -0.39 is 11.7 Å². The average Bonchev–Trinajstić information content (AvgIpc) is 2.66. The quantitative estimate of drug-likeness (QED) is 0.487. The molecule has 0 saturated carbocycles. The zero-order valence-corrected chi connectivity index (χ0v) is 15.5. The number of para-hydroxylation sites is 1. The summed E-state index contributed by atoms with van der Waals surface area (Å²) in [6.07, 6.45) is 0.793. The van der Waals surface area contributed by atoms with Crippen LogP contribution in [0.5, 0.6) is 0 Å². The van der Waals surface area contributed by atoms with Gasteiger partial charge in [-0.3, -0.25) is 4.79 Å². The van der Waals surface area contributed by atoms with Gasteiger partial charge in [-0.1, -0.05) is 30.8 Å². The lowest BCUT2D eigenvalue weighted by Crippen LogP contribution is -2.29. The molecule has 0 saturated heterocycles. The molecule has 2 N–H and O–H groups in total. The fourth-order valence-electron chi connectivity index (χ4n) is 2.17. The van der Waals surface area contributed by atoms with Gasteiger partial charge in [0.2, 0.25) is 0 Å². The van der Waals surface area contributed by atoms with Crippen molar-refractivity contribution < 1.29 is 23.1 Å². The van der Waals surface area contributed by atoms with Gasteiger partial charge in [-0.15, -0.1) is 0 Å². The highest BCUT2D eigenvalue weighted by Crippen LogP contribution is 2.28. The van der Waals surface area contributed by atoms with Crippen LogP contribution in [-0.4, -0.2) is 30.8 Å². The maximum atomic E-state index is 12.4. The molecule has 0 radical (unpaired) electrons. The molecule has 0 atom stereocenters. The summed E-state index contributed by atoms with van der Waals surface area (Å²) in [5.74, 6) is -3.47. The average molecular weight is 394 g/mol. The van der Waals surface area contributed by atoms with Gasteiger partial charge in [0.05, 0.1) is 11.3 Å². The van der Waals surface area contributed by atoms with E-state index in [4.69, 9.17) is 4.74 Å². The summed E-state index contributed by atoms with van der Waals surface area (Å²) < 4.78 is 29.8. The van der Waals surface area contributed by atoms with E-state index in [1.54, 1.807) is 48.5 Å². The van der Waals surface area contributed by atoms with E-state index in [9.17, 15) is 18.4 Å². The van der Waals surface area contributed by atoms with Crippen molar-refractivity contribution in [2.24, 2.45) is 0 Å². The third kappa shape index (κ3) is 6.90. The molecule has 0 heterocycles. The molecule has 0 fully saturated rings. The van der Waals surface area contributed by atoms with Crippen molar-refractivity contribution in [3.63, 3.8) is 0 Å². The number of hydrogen-bond acceptors (Lipinski definition) is 5. The van der Waals surface area contributed by atoms with Crippen molar-refractivity contribution in [2.45, 2.75) is 24.0 Å². The largest absolute Gasteiger partial charge is 0.452 e. The lowest BCUT2D eigenvalue weighted by molar-refractivity contribution is -0.124. The molecule has 0 aliphatic rings. The van der Waals surface area contributed by atoms with Crippen LogP contribution in [0.25, 0.3) is 0 Å². The van der Waals surface area contributed by atoms with Gasteiger partial charge in [0.1, 0.15) is 0 Å². The number of thioether (sulfide) groups is 1. The minimum absolute atomic E-state index is 0.270. The normalized spacial score (nSPS) is 10.5. The highest BCUT2D eigenvalue weighted by molar-refractivity contribution is 7.99. The monoisotopic (exact) mass is 394 g/mol. The molecule has 8 heteroatoms. The number of amides is 1. The Morgan fingerprint density at radius 2 is 1.81 bits per heavy atom. The topological polar surface area (TPSA) is 67.4 Å². The number of rotatable bonds is 9. The first-order valence-corrected chi connectivity index (χ1v) is 9.22. The Kier molecular flexibility index (Phi) is 8.06. The van der Waals surface area contributed by atoms with Gasteiger partial charge in [0.15, 0.2) is 6.61 Å². The van der Waals surface area contributed by atoms with E-state index in [-0.39, 0.29) is 18.1 Å². The van der Waals surface area contributed by atoms with Crippen molar-refractivity contribution in [2.75, 3.05) is 18.5 Å². The Labute approximate surface area is 160 Å². The molecule has 0 bridgehead atoms. The van der Waals surface area contributed by atoms with E-state index >= 15 is 0 Å². The van der Waals surface area contributed by atoms with E-state index in [1.165, 1.54) is 0 Å². The van der Waals surface area contributed by atoms with Gasteiger partial charge in [-0.25, -0.2) is 4.79 Å². The second kappa shape index (κ2) is 10.5. The molecule has 2 rings (SSSR count). The van der Waals surface area contributed by atoms with Crippen molar-refractivity contribution in [3.8, 4) is 0 Å². The minimum Gasteiger partial charge on any atom is -0.452 e. The number of carbonyl (C=O) groups is 2. The van der Waals surface area contributed by atoms with Crippen LogP contribution in [0.2, 0.25) is 0 Å². The Balaban J connectivity index is 2.02. The molecule has 2 aromatic rings. The second-order valence-electron chi connectivity index (χ2n) is 5.50. The summed E-state index contributed by atoms with van der Waals surface area (Å²) in [6.45, 7) is 2.09. The van der Waals surface area contributed by atoms with Gasteiger partial charge in [0.25, 0.3) is 11.7 Å². The smallest absolute Gasteiger partial charge is 0.340 e. The fourth-order valence-corrected chi connectivity index (χ4v) is 2.67. The van der Waals surface area contributed by atoms with Crippen LogP contribution in [0.15, 0.2) is 53.4 Å². The van der Waals surface area contributed by atoms with Crippen molar-refractivity contribution in [1.82, 2.24) is 5.32 Å². The molecule has 144 valence electrons. The molecule has 5 nitrogen and oxygen atoms in total. The van der Waals surface area contributed by atoms with E-state index in [2.05, 4.69) is 10.6 Å². The van der Waals surface area contributed by atoms with Gasteiger partial charge in [0, 0.05) is 17.1 Å². The summed E-state index contributed by atoms with van der Waals surface area (Å²) in [7, 11) is 0. The second-order valence-corrected chi connectivity index (χ2v) is 6.56. The third-order valence-electron chi connectivity index (χ3n) is 3.41. The maximum Gasteiger partial charge on any atom is 0.340 e. The highest BCUT2D eigenvalue weighted by Gasteiger charge is 2.14. The molecule has 0 aromatic heterocycles. The molecule has 2 aromatic carbocycles. The number of esters is 1. The van der Waals surface area contributed by atoms with Crippen LogP contribution in [0.4, 0.5) is 20.2 Å². The summed E-state index contributed by atoms with van der Waals surface area (Å²) in [6, 6.07) is 13.1. The zero-order chi connectivity index (χ0) is 19.6. The minimum atomic E-state index is -2.48. The van der Waals surface area contributed by atoms with E-state index in [0.717, 1.165) is 6.42 Å². The Morgan fingerprint density at radius 3 is 2.48 bits per heavy atom. The van der Waals surface area contributed by atoms with Crippen molar-refractivity contribution in [1.29, 1.82) is 0 Å². The molecule has 0 unspecified atom stereocenters. The zero-order valence-electron chi connectivity index (χ0n) is 14.7. The summed E-state index contributed by atoms with van der Waals surface area (Å²) >= 11 is 0.463. The number of anilines is 2. The number of benzene rings is 2. The first-order valence-electron chi connectivity index (χ1n) is 8.34. The van der Waals surface area contributed by atoms with Gasteiger partial charge in [-0.2, -0.15) is 8.78 Å². The Morgan fingerprint density at radius 1 is 1.11 bits per heavy atom. The molecule has 0 aliphatic carbocycles. The van der Waals surface area contributed by atoms with Crippen LogP contribution in [0.3, 0.4) is 0 Å². The molecule has 0 spiro atoms. The highest BCUT2D eigenvalue weighted by atomic mass is 32.2. The lowest BCUT2D eigenvalue weighted by Gasteiger charge is -2.12. The number of carbonyl (C=O) groups excluding carboxylic acids is 2. The van der Waals surface area contributed by atoms with Gasteiger partial charge >= 0.3 is 5.97 Å². The lowest BCUT2D eigenvalue weighted by atomic mass is 10.1. The first kappa shape index (κ1) is 20.7. The van der Waals surface area contributed by atoms with Gasteiger partial charge in [-0.05, 0) is 42.8 Å². The Bertz CT molecular complexity index is 770. The predicted octanol–water partition coefficient (Wildman–Crippen LogP) is 4.43. The fraction of sp³-hybridized carbons (Fsp3) is 0.263. The van der Waals surface area contributed by atoms with Gasteiger partial charge < -0.3 is 15.4 Å². The Hall–Kier alpha value is -2.61. The maximum absolute atomic E-state index is 12.4. The van der Waals surface area contributed by atoms with E-state index in [1.807, 2.05) is 6.92 Å². The number of ether oxygens (including phenoxy) is 1. The summed E-state index contributed by atoms with van der Waals surface area (Å²) in [5, 5.41) is 5.68. The predicted molar refractivity (Wildman–Crippen MR) is 102 cm³/mol. The van der Waals surface area contributed by atoms with Crippen LogP contribution in [0.1, 0.15) is 23.7 Å². The van der Waals surface area contributed by atoms with Crippen molar-refractivity contribution >= 4 is 35.0 Å². The van der Waals surface area contributed by atoms with Crippen LogP contribution in [-0.2, 0) is 9.53 Å². The van der Waals surface area contributed by atoms with E-state index in [0.29, 0.717) is 34.6 Å². The number of nitrogens with one attached hydrogen (secondary N) is 2. The molecule has 0 aliphatic heterocycles. The summed E-state index contributed by atoms with van der Waals surface area (Å²) in [4.78, 5) is 24.3. The number of hydrogen-bond donors (Lipinski definition) is 2. The number of halogens is 2. The van der Waals surface area contributed by atoms with Crippen LogP contribution >= 0.6 is 11.8 Å². The summed E-state index contributed by atoms with van der Waals surface area (Å²) in [5.41, 5.74) is 1.40. The standard InChI is InChI=1S/C19H20F2N2O3S/c1-2-11-22-17(24)12-26-18(25)15-5-3-4-6-16(15)23-13-7-9-14(10-8-13)27-19(20)21/h3-10,19,23H,2,11-12H2,1H3,(H,22,24). The number of alkyl halides is 2. The van der Waals surface area contributed by atoms with Crippen LogP contribution < -0.4 is 10.6 Å². The molecule has 1 amide bonds. The molecule has 27 heavy (non-hydrogen) atoms. The third-order valence-corrected chi connectivity index (χ3v) is 4.13. The van der Waals surface area contributed by atoms with Crippen molar-refractivity contribution in [3.05, 3.63) is 54.1 Å². The molecular formula is C19H20F2N2O3S. The SMILES string of the molecule is CCCNC(=O)COC(=O)c1ccccc1Nc1ccc(SC(F)F)cc1. The molecular weight excluding hydrogens is 374 g/mol.